The topological polar surface area (TPSA) is 98.0 Å². The monoisotopic (exact) mass is 519 g/mol. The number of aromatic nitrogens is 4. The van der Waals surface area contributed by atoms with E-state index < -0.39 is 0 Å². The smallest absolute Gasteiger partial charge is 0.264 e. The van der Waals surface area contributed by atoms with Crippen LogP contribution >= 0.6 is 11.9 Å². The Balaban J connectivity index is 1.73. The van der Waals surface area contributed by atoms with Crippen LogP contribution in [-0.2, 0) is 0 Å². The lowest BCUT2D eigenvalue weighted by Crippen LogP contribution is -2.11. The third-order valence-electron chi connectivity index (χ3n) is 5.91. The van der Waals surface area contributed by atoms with E-state index >= 15 is 0 Å². The van der Waals surface area contributed by atoms with Gasteiger partial charge >= 0.3 is 0 Å². The number of benzene rings is 2. The molecule has 5 rings (SSSR count). The molecular weight excluding hydrogens is 493 g/mol. The maximum atomic E-state index is 13.9. The second-order valence-electron chi connectivity index (χ2n) is 8.77. The summed E-state index contributed by atoms with van der Waals surface area (Å²) >= 11 is 1.57. The van der Waals surface area contributed by atoms with Crippen molar-refractivity contribution in [3.8, 4) is 28.8 Å². The zero-order chi connectivity index (χ0) is 26.3. The van der Waals surface area contributed by atoms with Crippen LogP contribution < -0.4 is 14.9 Å². The first-order valence-electron chi connectivity index (χ1n) is 11.8. The summed E-state index contributed by atoms with van der Waals surface area (Å²) in [6, 6.07) is 10.4. The summed E-state index contributed by atoms with van der Waals surface area (Å²) in [5.41, 5.74) is 4.93. The lowest BCUT2D eigenvalue weighted by Gasteiger charge is -2.19. The van der Waals surface area contributed by atoms with Crippen LogP contribution in [0.2, 0.25) is 0 Å². The van der Waals surface area contributed by atoms with Gasteiger partial charge < -0.3 is 23.4 Å². The van der Waals surface area contributed by atoms with E-state index in [9.17, 15) is 9.18 Å². The van der Waals surface area contributed by atoms with Crippen molar-refractivity contribution in [3.63, 3.8) is 0 Å². The van der Waals surface area contributed by atoms with Gasteiger partial charge in [-0.1, -0.05) is 18.9 Å². The van der Waals surface area contributed by atoms with Crippen molar-refractivity contribution in [2.24, 2.45) is 0 Å². The molecule has 190 valence electrons. The van der Waals surface area contributed by atoms with Gasteiger partial charge in [0.1, 0.15) is 22.8 Å². The number of nitrogens with zero attached hydrogens (tertiary/aromatic N) is 3. The molecule has 0 amide bonds. The van der Waals surface area contributed by atoms with Gasteiger partial charge in [-0.3, -0.25) is 4.79 Å². The van der Waals surface area contributed by atoms with Gasteiger partial charge in [-0.05, 0) is 68.3 Å². The molecule has 2 N–H and O–H groups in total. The van der Waals surface area contributed by atoms with Crippen LogP contribution in [0.5, 0.6) is 11.5 Å². The minimum absolute atomic E-state index is 0.128. The Kier molecular flexibility index (Phi) is 6.51. The summed E-state index contributed by atoms with van der Waals surface area (Å²) < 4.78 is 31.2. The van der Waals surface area contributed by atoms with Crippen molar-refractivity contribution in [2.75, 3.05) is 10.5 Å². The van der Waals surface area contributed by atoms with Crippen molar-refractivity contribution < 1.29 is 13.5 Å². The zero-order valence-electron chi connectivity index (χ0n) is 21.1. The molecular formula is C27H26FN5O3S. The summed E-state index contributed by atoms with van der Waals surface area (Å²) in [4.78, 5) is 16.2. The summed E-state index contributed by atoms with van der Waals surface area (Å²) in [6.07, 6.45) is 1.78. The van der Waals surface area contributed by atoms with E-state index in [-0.39, 0.29) is 11.2 Å². The maximum absolute atomic E-state index is 13.9. The van der Waals surface area contributed by atoms with E-state index in [1.807, 2.05) is 42.7 Å². The molecule has 0 aliphatic heterocycles. The Morgan fingerprint density at radius 1 is 1.08 bits per heavy atom. The van der Waals surface area contributed by atoms with Crippen molar-refractivity contribution in [1.29, 1.82) is 0 Å². The molecule has 0 spiro atoms. The molecule has 0 saturated heterocycles. The number of hydrogen-bond donors (Lipinski definition) is 2. The standard InChI is InChI=1S/C27H26FN5O3S/c1-6-37-32-19-7-8-23(36-26-14(2)9-18(28)10-15(26)3)21(11-19)33-13-16(4)25(34)24-22(33)12-20(29-24)27-31-30-17(5)35-27/h7-13,29,32H,6H2,1-5H3. The summed E-state index contributed by atoms with van der Waals surface area (Å²) in [7, 11) is 0. The highest BCUT2D eigenvalue weighted by Crippen LogP contribution is 2.36. The van der Waals surface area contributed by atoms with Gasteiger partial charge in [0.15, 0.2) is 5.75 Å². The molecule has 37 heavy (non-hydrogen) atoms. The van der Waals surface area contributed by atoms with Crippen LogP contribution in [0.15, 0.2) is 51.8 Å². The number of hydrogen-bond acceptors (Lipinski definition) is 7. The van der Waals surface area contributed by atoms with Crippen molar-refractivity contribution in [2.45, 2.75) is 34.6 Å². The van der Waals surface area contributed by atoms with Crippen LogP contribution in [-0.4, -0.2) is 25.5 Å². The number of H-pyrrole nitrogens is 1. The first-order valence-corrected chi connectivity index (χ1v) is 12.8. The first kappa shape index (κ1) is 24.6. The van der Waals surface area contributed by atoms with E-state index in [0.29, 0.717) is 62.4 Å². The van der Waals surface area contributed by atoms with Crippen LogP contribution in [0, 0.1) is 33.5 Å². The van der Waals surface area contributed by atoms with Gasteiger partial charge in [0.25, 0.3) is 5.89 Å². The van der Waals surface area contributed by atoms with E-state index in [1.54, 1.807) is 32.0 Å². The lowest BCUT2D eigenvalue weighted by atomic mass is 10.1. The second kappa shape index (κ2) is 9.78. The van der Waals surface area contributed by atoms with Crippen molar-refractivity contribution >= 4 is 28.7 Å². The molecule has 0 aliphatic rings. The minimum Gasteiger partial charge on any atom is -0.455 e. The van der Waals surface area contributed by atoms with E-state index in [2.05, 4.69) is 26.8 Å². The highest BCUT2D eigenvalue weighted by Gasteiger charge is 2.19. The fourth-order valence-corrected chi connectivity index (χ4v) is 4.66. The Bertz CT molecular complexity index is 1660. The molecule has 0 aliphatic carbocycles. The molecule has 8 nitrogen and oxygen atoms in total. The van der Waals surface area contributed by atoms with E-state index in [0.717, 1.165) is 11.4 Å². The average Bonchev–Trinajstić information content (AvgIpc) is 3.49. The molecule has 10 heteroatoms. The number of pyridine rings is 1. The molecule has 0 bridgehead atoms. The van der Waals surface area contributed by atoms with Gasteiger partial charge in [0.05, 0.1) is 11.2 Å². The van der Waals surface area contributed by atoms with Gasteiger partial charge in [-0.15, -0.1) is 10.2 Å². The Morgan fingerprint density at radius 2 is 1.84 bits per heavy atom. The van der Waals surface area contributed by atoms with Crippen LogP contribution in [0.4, 0.5) is 10.1 Å². The van der Waals surface area contributed by atoms with E-state index in [1.165, 1.54) is 12.1 Å². The summed E-state index contributed by atoms with van der Waals surface area (Å²) in [6.45, 7) is 9.15. The molecule has 2 aromatic carbocycles. The molecule has 5 aromatic rings. The van der Waals surface area contributed by atoms with Crippen molar-refractivity contribution in [3.05, 3.63) is 81.2 Å². The highest BCUT2D eigenvalue weighted by atomic mass is 32.2. The molecule has 3 aromatic heterocycles. The predicted octanol–water partition coefficient (Wildman–Crippen LogP) is 6.61. The minimum atomic E-state index is -0.312. The highest BCUT2D eigenvalue weighted by molar-refractivity contribution is 8.00. The zero-order valence-corrected chi connectivity index (χ0v) is 21.9. The largest absolute Gasteiger partial charge is 0.455 e. The summed E-state index contributed by atoms with van der Waals surface area (Å²) in [5, 5.41) is 7.98. The molecule has 0 radical (unpaired) electrons. The summed E-state index contributed by atoms with van der Waals surface area (Å²) in [5.74, 6) is 2.41. The van der Waals surface area contributed by atoms with Crippen LogP contribution in [0.25, 0.3) is 28.3 Å². The third kappa shape index (κ3) is 4.72. The van der Waals surface area contributed by atoms with Gasteiger partial charge in [0.2, 0.25) is 11.3 Å². The Morgan fingerprint density at radius 3 is 2.51 bits per heavy atom. The van der Waals surface area contributed by atoms with Gasteiger partial charge in [-0.2, -0.15) is 0 Å². The molecule has 0 saturated carbocycles. The number of rotatable bonds is 7. The molecule has 0 atom stereocenters. The number of halogens is 1. The predicted molar refractivity (Wildman–Crippen MR) is 144 cm³/mol. The average molecular weight is 520 g/mol. The molecule has 0 fully saturated rings. The van der Waals surface area contributed by atoms with Crippen molar-refractivity contribution in [1.82, 2.24) is 19.7 Å². The lowest BCUT2D eigenvalue weighted by molar-refractivity contribution is 0.470. The quantitative estimate of drug-likeness (QED) is 0.233. The number of anilines is 1. The fraction of sp³-hybridized carbons (Fsp3) is 0.222. The number of fused-ring (bicyclic) bond motifs is 1. The van der Waals surface area contributed by atoms with Gasteiger partial charge in [-0.25, -0.2) is 4.39 Å². The molecule has 0 unspecified atom stereocenters. The first-order chi connectivity index (χ1) is 17.7. The van der Waals surface area contributed by atoms with Crippen LogP contribution in [0.1, 0.15) is 29.5 Å². The third-order valence-corrected chi connectivity index (χ3v) is 6.58. The Hall–Kier alpha value is -4.05. The van der Waals surface area contributed by atoms with Crippen LogP contribution in [0.3, 0.4) is 0 Å². The SMILES string of the molecule is CCSNc1ccc(Oc2c(C)cc(F)cc2C)c(-n2cc(C)c(=O)c3[nH]c(-c4nnc(C)o4)cc32)c1. The maximum Gasteiger partial charge on any atom is 0.264 e. The van der Waals surface area contributed by atoms with Gasteiger partial charge in [0, 0.05) is 30.1 Å². The fourth-order valence-electron chi connectivity index (χ4n) is 4.22. The molecule has 3 heterocycles. The number of ether oxygens (including phenoxy) is 1. The normalized spacial score (nSPS) is 11.3. The number of aromatic amines is 1. The Labute approximate surface area is 217 Å². The number of aryl methyl sites for hydroxylation is 4. The second-order valence-corrected chi connectivity index (χ2v) is 9.84. The van der Waals surface area contributed by atoms with E-state index in [4.69, 9.17) is 9.15 Å². The number of nitrogens with one attached hydrogen (secondary N) is 2.